The van der Waals surface area contributed by atoms with Gasteiger partial charge in [-0.1, -0.05) is 18.2 Å². The summed E-state index contributed by atoms with van der Waals surface area (Å²) in [7, 11) is 0. The van der Waals surface area contributed by atoms with Crippen molar-refractivity contribution < 1.29 is 23.5 Å². The van der Waals surface area contributed by atoms with E-state index in [2.05, 4.69) is 5.32 Å². The number of carbonyl (C=O) groups is 3. The molecule has 2 unspecified atom stereocenters. The normalized spacial score (nSPS) is 26.8. The van der Waals surface area contributed by atoms with Crippen LogP contribution in [0.2, 0.25) is 0 Å². The fourth-order valence-corrected chi connectivity index (χ4v) is 5.22. The largest absolute Gasteiger partial charge is 0.376 e. The summed E-state index contributed by atoms with van der Waals surface area (Å²) in [4.78, 5) is 42.5. The van der Waals surface area contributed by atoms with Crippen LogP contribution in [0.1, 0.15) is 45.1 Å². The minimum atomic E-state index is -1.11. The van der Waals surface area contributed by atoms with E-state index in [0.717, 1.165) is 18.4 Å². The Bertz CT molecular complexity index is 933. The number of nitrogens with one attached hydrogen (secondary N) is 1. The van der Waals surface area contributed by atoms with E-state index in [0.29, 0.717) is 38.1 Å². The molecule has 1 aromatic rings. The summed E-state index contributed by atoms with van der Waals surface area (Å²) in [6, 6.07) is 5.66. The van der Waals surface area contributed by atoms with Gasteiger partial charge in [-0.25, -0.2) is 9.18 Å². The number of halogens is 1. The number of allylic oxidation sites excluding steroid dienone is 1. The van der Waals surface area contributed by atoms with Crippen LogP contribution in [0, 0.1) is 11.7 Å². The van der Waals surface area contributed by atoms with E-state index in [1.54, 1.807) is 25.1 Å². The lowest BCUT2D eigenvalue weighted by molar-refractivity contribution is -0.135. The zero-order chi connectivity index (χ0) is 23.6. The second kappa shape index (κ2) is 9.63. The molecule has 4 amide bonds. The Labute approximate surface area is 193 Å². The maximum absolute atomic E-state index is 13.8. The molecule has 0 spiro atoms. The Morgan fingerprint density at radius 2 is 1.91 bits per heavy atom. The van der Waals surface area contributed by atoms with Gasteiger partial charge in [0.2, 0.25) is 5.91 Å². The molecule has 0 saturated carbocycles. The molecule has 178 valence electrons. The summed E-state index contributed by atoms with van der Waals surface area (Å²) in [5, 5.41) is 3.03. The van der Waals surface area contributed by atoms with Crippen molar-refractivity contribution in [3.63, 3.8) is 0 Å². The number of carbonyl (C=O) groups excluding carboxylic acids is 3. The number of amides is 4. The molecule has 1 N–H and O–H groups in total. The highest BCUT2D eigenvalue weighted by Gasteiger charge is 2.56. The van der Waals surface area contributed by atoms with Gasteiger partial charge in [0.25, 0.3) is 5.91 Å². The first-order valence-electron chi connectivity index (χ1n) is 11.8. The summed E-state index contributed by atoms with van der Waals surface area (Å²) in [6.07, 6.45) is 4.90. The van der Waals surface area contributed by atoms with E-state index in [4.69, 9.17) is 4.74 Å². The molecular formula is C25H32FN3O4. The summed E-state index contributed by atoms with van der Waals surface area (Å²) >= 11 is 0. The van der Waals surface area contributed by atoms with Crippen LogP contribution >= 0.6 is 0 Å². The predicted octanol–water partition coefficient (Wildman–Crippen LogP) is 3.04. The Kier molecular flexibility index (Phi) is 6.83. The average molecular weight is 458 g/mol. The standard InChI is InChI=1S/C25H32FN3O4/c1-3-17(2)22(30)28-12-10-19(11-13-28)25(15-18-6-8-20(26)9-7-18)23(31)29(24(32)27-25)16-21-5-4-14-33-21/h3,6-9,19,21H,4-5,10-16H2,1-2H3,(H,27,32)/b17-3+. The number of likely N-dealkylation sites (tertiary alicyclic amines) is 1. The third kappa shape index (κ3) is 4.67. The third-order valence-corrected chi connectivity index (χ3v) is 7.26. The first-order chi connectivity index (χ1) is 15.8. The molecule has 0 radical (unpaired) electrons. The van der Waals surface area contributed by atoms with E-state index < -0.39 is 11.6 Å². The summed E-state index contributed by atoms with van der Waals surface area (Å²) < 4.78 is 19.2. The highest BCUT2D eigenvalue weighted by Crippen LogP contribution is 2.37. The van der Waals surface area contributed by atoms with Gasteiger partial charge in [0.05, 0.1) is 12.6 Å². The number of imide groups is 1. The van der Waals surface area contributed by atoms with Crippen LogP contribution in [0.3, 0.4) is 0 Å². The van der Waals surface area contributed by atoms with Crippen LogP contribution < -0.4 is 5.32 Å². The summed E-state index contributed by atoms with van der Waals surface area (Å²) in [6.45, 7) is 5.57. The van der Waals surface area contributed by atoms with E-state index in [-0.39, 0.29) is 42.6 Å². The molecule has 3 saturated heterocycles. The molecule has 3 fully saturated rings. The van der Waals surface area contributed by atoms with Crippen LogP contribution in [0.4, 0.5) is 9.18 Å². The molecule has 8 heteroatoms. The lowest BCUT2D eigenvalue weighted by Gasteiger charge is -2.41. The van der Waals surface area contributed by atoms with Crippen LogP contribution in [-0.2, 0) is 20.7 Å². The van der Waals surface area contributed by atoms with Gasteiger partial charge in [0, 0.05) is 31.7 Å². The van der Waals surface area contributed by atoms with Gasteiger partial charge in [-0.3, -0.25) is 14.5 Å². The number of hydrogen-bond donors (Lipinski definition) is 1. The van der Waals surface area contributed by atoms with Crippen molar-refractivity contribution in [2.45, 2.75) is 57.6 Å². The monoisotopic (exact) mass is 457 g/mol. The second-order valence-corrected chi connectivity index (χ2v) is 9.29. The molecule has 0 bridgehead atoms. The molecule has 7 nitrogen and oxygen atoms in total. The van der Waals surface area contributed by atoms with Crippen molar-refractivity contribution in [3.05, 3.63) is 47.3 Å². The minimum absolute atomic E-state index is 0.00493. The minimum Gasteiger partial charge on any atom is -0.376 e. The molecule has 1 aromatic carbocycles. The number of piperidine rings is 1. The Morgan fingerprint density at radius 3 is 2.52 bits per heavy atom. The number of urea groups is 1. The van der Waals surface area contributed by atoms with Crippen molar-refractivity contribution >= 4 is 17.8 Å². The lowest BCUT2D eigenvalue weighted by atomic mass is 9.73. The van der Waals surface area contributed by atoms with Crippen LogP contribution in [0.15, 0.2) is 35.9 Å². The highest BCUT2D eigenvalue weighted by molar-refractivity contribution is 6.07. The number of benzene rings is 1. The smallest absolute Gasteiger partial charge is 0.325 e. The molecule has 4 rings (SSSR count). The third-order valence-electron chi connectivity index (χ3n) is 7.26. The molecule has 3 aliphatic rings. The number of ether oxygens (including phenoxy) is 1. The molecule has 2 atom stereocenters. The quantitative estimate of drug-likeness (QED) is 0.526. The Balaban J connectivity index is 1.57. The molecule has 0 aromatic heterocycles. The van der Waals surface area contributed by atoms with Crippen LogP contribution in [0.25, 0.3) is 0 Å². The van der Waals surface area contributed by atoms with E-state index in [1.165, 1.54) is 17.0 Å². The number of hydrogen-bond acceptors (Lipinski definition) is 4. The van der Waals surface area contributed by atoms with Gasteiger partial charge in [-0.05, 0) is 63.1 Å². The fraction of sp³-hybridized carbons (Fsp3) is 0.560. The van der Waals surface area contributed by atoms with Gasteiger partial charge in [-0.15, -0.1) is 0 Å². The highest BCUT2D eigenvalue weighted by atomic mass is 19.1. The topological polar surface area (TPSA) is 79.0 Å². The van der Waals surface area contributed by atoms with Crippen molar-refractivity contribution in [2.24, 2.45) is 5.92 Å². The van der Waals surface area contributed by atoms with E-state index in [9.17, 15) is 18.8 Å². The number of rotatable bonds is 6. The summed E-state index contributed by atoms with van der Waals surface area (Å²) in [5.74, 6) is -0.726. The fourth-order valence-electron chi connectivity index (χ4n) is 5.22. The second-order valence-electron chi connectivity index (χ2n) is 9.29. The van der Waals surface area contributed by atoms with Gasteiger partial charge < -0.3 is 15.0 Å². The first-order valence-corrected chi connectivity index (χ1v) is 11.8. The molecule has 33 heavy (non-hydrogen) atoms. The van der Waals surface area contributed by atoms with Crippen LogP contribution in [-0.4, -0.2) is 65.5 Å². The van der Waals surface area contributed by atoms with Crippen molar-refractivity contribution in [3.8, 4) is 0 Å². The Hall–Kier alpha value is -2.74. The molecular weight excluding hydrogens is 425 g/mol. The Morgan fingerprint density at radius 1 is 1.21 bits per heavy atom. The maximum atomic E-state index is 13.8. The summed E-state index contributed by atoms with van der Waals surface area (Å²) in [5.41, 5.74) is 0.368. The lowest BCUT2D eigenvalue weighted by Crippen LogP contribution is -2.58. The van der Waals surface area contributed by atoms with Crippen molar-refractivity contribution in [1.29, 1.82) is 0 Å². The van der Waals surface area contributed by atoms with Gasteiger partial charge in [-0.2, -0.15) is 0 Å². The zero-order valence-electron chi connectivity index (χ0n) is 19.3. The average Bonchev–Trinajstić information content (AvgIpc) is 3.43. The number of nitrogens with zero attached hydrogens (tertiary/aromatic N) is 2. The van der Waals surface area contributed by atoms with Gasteiger partial charge >= 0.3 is 6.03 Å². The van der Waals surface area contributed by atoms with Crippen molar-refractivity contribution in [2.75, 3.05) is 26.2 Å². The van der Waals surface area contributed by atoms with Crippen LogP contribution in [0.5, 0.6) is 0 Å². The first kappa shape index (κ1) is 23.4. The van der Waals surface area contributed by atoms with E-state index >= 15 is 0 Å². The zero-order valence-corrected chi connectivity index (χ0v) is 19.3. The molecule has 3 aliphatic heterocycles. The van der Waals surface area contributed by atoms with Crippen molar-refractivity contribution in [1.82, 2.24) is 15.1 Å². The van der Waals surface area contributed by atoms with Gasteiger partial charge in [0.1, 0.15) is 11.4 Å². The predicted molar refractivity (Wildman–Crippen MR) is 121 cm³/mol. The molecule has 3 heterocycles. The maximum Gasteiger partial charge on any atom is 0.325 e. The molecule has 0 aliphatic carbocycles. The van der Waals surface area contributed by atoms with E-state index in [1.807, 2.05) is 11.8 Å². The van der Waals surface area contributed by atoms with Gasteiger partial charge in [0.15, 0.2) is 0 Å². The SMILES string of the molecule is C/C=C(\C)C(=O)N1CCC(C2(Cc3ccc(F)cc3)NC(=O)N(CC3CCCO3)C2=O)CC1.